The Hall–Kier alpha value is -2.05. The molecule has 2 saturated heterocycles. The Labute approximate surface area is 230 Å². The monoisotopic (exact) mass is 593 g/mol. The summed E-state index contributed by atoms with van der Waals surface area (Å²) in [5.41, 5.74) is -0.0370. The van der Waals surface area contributed by atoms with Gasteiger partial charge in [0, 0.05) is 44.5 Å². The molecule has 13 heteroatoms. The first-order chi connectivity index (χ1) is 18.0. The van der Waals surface area contributed by atoms with Crippen molar-refractivity contribution in [1.29, 1.82) is 0 Å². The number of hydrogen-bond donors (Lipinski definition) is 0. The highest BCUT2D eigenvalue weighted by Crippen LogP contribution is 2.34. The molecular formula is C25H28Cl2F3N3O4S. The van der Waals surface area contributed by atoms with Crippen molar-refractivity contribution in [2.45, 2.75) is 36.4 Å². The quantitative estimate of drug-likeness (QED) is 0.456. The van der Waals surface area contributed by atoms with Crippen LogP contribution in [0.4, 0.5) is 18.9 Å². The Morgan fingerprint density at radius 2 is 1.58 bits per heavy atom. The van der Waals surface area contributed by atoms with Gasteiger partial charge in [-0.2, -0.15) is 17.5 Å². The minimum Gasteiger partial charge on any atom is -0.370 e. The summed E-state index contributed by atoms with van der Waals surface area (Å²) in [7, 11) is -3.96. The van der Waals surface area contributed by atoms with Crippen LogP contribution in [-0.4, -0.2) is 75.5 Å². The third-order valence-electron chi connectivity index (χ3n) is 6.79. The Bertz CT molecular complexity index is 1220. The second kappa shape index (κ2) is 12.0. The average Bonchev–Trinajstić information content (AvgIpc) is 2.88. The van der Waals surface area contributed by atoms with Crippen LogP contribution in [0.5, 0.6) is 0 Å². The topological polar surface area (TPSA) is 70.2 Å². The lowest BCUT2D eigenvalue weighted by molar-refractivity contribution is -0.138. The lowest BCUT2D eigenvalue weighted by Crippen LogP contribution is -2.50. The van der Waals surface area contributed by atoms with Crippen molar-refractivity contribution in [1.82, 2.24) is 9.21 Å². The van der Waals surface area contributed by atoms with E-state index in [1.54, 1.807) is 11.0 Å². The van der Waals surface area contributed by atoms with Gasteiger partial charge in [-0.3, -0.25) is 4.79 Å². The molecule has 2 aliphatic rings. The van der Waals surface area contributed by atoms with Gasteiger partial charge in [0.1, 0.15) is 11.5 Å². The van der Waals surface area contributed by atoms with Crippen molar-refractivity contribution in [3.8, 4) is 0 Å². The molecule has 2 fully saturated rings. The third-order valence-corrected chi connectivity index (χ3v) is 9.69. The van der Waals surface area contributed by atoms with Crippen LogP contribution in [0, 0.1) is 0 Å². The molecule has 2 aromatic rings. The van der Waals surface area contributed by atoms with Gasteiger partial charge in [0.05, 0.1) is 22.2 Å². The summed E-state index contributed by atoms with van der Waals surface area (Å²) in [6.07, 6.45) is -2.28. The Morgan fingerprint density at radius 3 is 2.18 bits per heavy atom. The lowest BCUT2D eigenvalue weighted by atomic mass is 10.1. The van der Waals surface area contributed by atoms with Crippen molar-refractivity contribution < 1.29 is 31.1 Å². The molecule has 1 atom stereocenters. The fraction of sp³-hybridized carbons (Fsp3) is 0.480. The van der Waals surface area contributed by atoms with Gasteiger partial charge in [0.15, 0.2) is 0 Å². The van der Waals surface area contributed by atoms with Gasteiger partial charge in [-0.05, 0) is 49.2 Å². The Kier molecular flexibility index (Phi) is 9.14. The first kappa shape index (κ1) is 28.9. The van der Waals surface area contributed by atoms with Crippen molar-refractivity contribution in [2.24, 2.45) is 0 Å². The van der Waals surface area contributed by atoms with Crippen molar-refractivity contribution in [3.63, 3.8) is 0 Å². The van der Waals surface area contributed by atoms with E-state index in [2.05, 4.69) is 0 Å². The molecule has 0 saturated carbocycles. The number of alkyl halides is 3. The second-order valence-corrected chi connectivity index (χ2v) is 11.9. The number of halogens is 5. The summed E-state index contributed by atoms with van der Waals surface area (Å²) in [6, 6.07) is 9.05. The van der Waals surface area contributed by atoms with E-state index in [0.717, 1.165) is 18.6 Å². The van der Waals surface area contributed by atoms with E-state index in [1.807, 2.05) is 4.90 Å². The fourth-order valence-electron chi connectivity index (χ4n) is 4.75. The smallest absolute Gasteiger partial charge is 0.370 e. The maximum absolute atomic E-state index is 13.4. The number of sulfonamides is 1. The van der Waals surface area contributed by atoms with Crippen LogP contribution in [0.1, 0.15) is 24.8 Å². The zero-order chi connectivity index (χ0) is 27.5. The number of amides is 1. The molecule has 0 N–H and O–H groups in total. The van der Waals surface area contributed by atoms with Gasteiger partial charge in [-0.1, -0.05) is 35.7 Å². The number of anilines is 1. The second-order valence-electron chi connectivity index (χ2n) is 9.24. The molecule has 38 heavy (non-hydrogen) atoms. The molecule has 208 valence electrons. The minimum atomic E-state index is -4.38. The molecular weight excluding hydrogens is 566 g/mol. The number of ether oxygens (including phenoxy) is 1. The van der Waals surface area contributed by atoms with E-state index in [-0.39, 0.29) is 34.1 Å². The van der Waals surface area contributed by atoms with Crippen LogP contribution in [0.25, 0.3) is 0 Å². The Morgan fingerprint density at radius 1 is 0.947 bits per heavy atom. The maximum Gasteiger partial charge on any atom is 0.416 e. The van der Waals surface area contributed by atoms with E-state index in [4.69, 9.17) is 27.9 Å². The number of rotatable bonds is 7. The van der Waals surface area contributed by atoms with Crippen molar-refractivity contribution in [2.75, 3.05) is 50.8 Å². The first-order valence-corrected chi connectivity index (χ1v) is 14.4. The van der Waals surface area contributed by atoms with Crippen molar-refractivity contribution in [3.05, 3.63) is 58.1 Å². The van der Waals surface area contributed by atoms with Crippen LogP contribution in [-0.2, 0) is 25.7 Å². The molecule has 0 radical (unpaired) electrons. The molecule has 0 aromatic heterocycles. The van der Waals surface area contributed by atoms with Gasteiger partial charge in [-0.25, -0.2) is 8.42 Å². The van der Waals surface area contributed by atoms with E-state index in [9.17, 15) is 26.4 Å². The van der Waals surface area contributed by atoms with Crippen LogP contribution >= 0.6 is 23.2 Å². The van der Waals surface area contributed by atoms with Crippen LogP contribution in [0.2, 0.25) is 10.0 Å². The van der Waals surface area contributed by atoms with Gasteiger partial charge in [-0.15, -0.1) is 0 Å². The summed E-state index contributed by atoms with van der Waals surface area (Å²) < 4.78 is 72.2. The van der Waals surface area contributed by atoms with Crippen molar-refractivity contribution >= 4 is 44.8 Å². The molecule has 0 bridgehead atoms. The number of hydrogen-bond acceptors (Lipinski definition) is 5. The molecule has 0 aliphatic carbocycles. The van der Waals surface area contributed by atoms with Gasteiger partial charge < -0.3 is 14.5 Å². The average molecular weight is 594 g/mol. The summed E-state index contributed by atoms with van der Waals surface area (Å²) in [4.78, 5) is 16.2. The van der Waals surface area contributed by atoms with E-state index in [0.29, 0.717) is 51.3 Å². The number of piperazine rings is 1. The summed E-state index contributed by atoms with van der Waals surface area (Å²) in [5.74, 6) is -0.226. The number of piperidine rings is 1. The molecule has 1 amide bonds. The number of nitrogens with zero attached hydrogens (tertiary/aromatic N) is 3. The zero-order valence-electron chi connectivity index (χ0n) is 20.5. The standard InChI is InChI=1S/C25H28Cl2F3N3O4S/c26-21-5-3-6-22(27)24(21)38(35,36)33-11-2-1-4-20(33)16-37-17-23(34)32-14-12-31(13-15-32)19-9-7-18(8-10-19)25(28,29)30/h3,5-10,20H,1-2,4,11-17H2. The minimum absolute atomic E-state index is 0.0494. The van der Waals surface area contributed by atoms with Gasteiger partial charge >= 0.3 is 6.18 Å². The molecule has 1 unspecified atom stereocenters. The fourth-order valence-corrected chi connectivity index (χ4v) is 7.53. The summed E-state index contributed by atoms with van der Waals surface area (Å²) >= 11 is 12.3. The molecule has 7 nitrogen and oxygen atoms in total. The number of carbonyl (C=O) groups excluding carboxylic acids is 1. The van der Waals surface area contributed by atoms with Crippen LogP contribution in [0.15, 0.2) is 47.4 Å². The molecule has 2 aliphatic heterocycles. The van der Waals surface area contributed by atoms with E-state index >= 15 is 0 Å². The molecule has 4 rings (SSSR count). The van der Waals surface area contributed by atoms with E-state index in [1.165, 1.54) is 28.6 Å². The third kappa shape index (κ3) is 6.56. The van der Waals surface area contributed by atoms with Gasteiger partial charge in [0.25, 0.3) is 0 Å². The molecule has 2 heterocycles. The number of carbonyl (C=O) groups is 1. The Balaban J connectivity index is 1.29. The highest BCUT2D eigenvalue weighted by atomic mass is 35.5. The summed E-state index contributed by atoms with van der Waals surface area (Å²) in [5, 5.41) is 0.0988. The van der Waals surface area contributed by atoms with E-state index < -0.39 is 27.8 Å². The lowest BCUT2D eigenvalue weighted by Gasteiger charge is -2.37. The van der Waals surface area contributed by atoms with Crippen LogP contribution in [0.3, 0.4) is 0 Å². The summed E-state index contributed by atoms with van der Waals surface area (Å²) in [6.45, 7) is 1.92. The molecule has 2 aromatic carbocycles. The predicted molar refractivity (Wildman–Crippen MR) is 139 cm³/mol. The first-order valence-electron chi connectivity index (χ1n) is 12.2. The predicted octanol–water partition coefficient (Wildman–Crippen LogP) is 4.92. The van der Waals surface area contributed by atoms with Gasteiger partial charge in [0.2, 0.25) is 15.9 Å². The highest BCUT2D eigenvalue weighted by Gasteiger charge is 2.36. The molecule has 0 spiro atoms. The maximum atomic E-state index is 13.4. The normalized spacial score (nSPS) is 19.6. The highest BCUT2D eigenvalue weighted by molar-refractivity contribution is 7.89. The van der Waals surface area contributed by atoms with Crippen LogP contribution < -0.4 is 4.90 Å². The SMILES string of the molecule is O=C(COCC1CCCCN1S(=O)(=O)c1c(Cl)cccc1Cl)N1CCN(c2ccc(C(F)(F)F)cc2)CC1. The zero-order valence-corrected chi connectivity index (χ0v) is 22.8. The largest absolute Gasteiger partial charge is 0.416 e. The number of benzene rings is 2.